The summed E-state index contributed by atoms with van der Waals surface area (Å²) in [6.45, 7) is 1.60. The van der Waals surface area contributed by atoms with Gasteiger partial charge in [-0.3, -0.25) is 4.79 Å². The van der Waals surface area contributed by atoms with E-state index in [0.717, 1.165) is 5.56 Å². The van der Waals surface area contributed by atoms with Crippen LogP contribution in [-0.2, 0) is 4.79 Å². The van der Waals surface area contributed by atoms with Crippen molar-refractivity contribution in [3.8, 4) is 0 Å². The molecule has 0 bridgehead atoms. The Morgan fingerprint density at radius 1 is 1.20 bits per heavy atom. The minimum atomic E-state index is -0.185. The molecule has 0 radical (unpaired) electrons. The van der Waals surface area contributed by atoms with Gasteiger partial charge in [0.05, 0.1) is 4.83 Å². The Morgan fingerprint density at radius 2 is 1.67 bits per heavy atom. The third kappa shape index (κ3) is 3.54. The Labute approximate surface area is 108 Å². The quantitative estimate of drug-likeness (QED) is 0.614. The van der Waals surface area contributed by atoms with Crippen LogP contribution in [0.3, 0.4) is 0 Å². The van der Waals surface area contributed by atoms with Crippen molar-refractivity contribution < 1.29 is 4.79 Å². The zero-order chi connectivity index (χ0) is 11.4. The summed E-state index contributed by atoms with van der Waals surface area (Å²) < 4.78 is 0. The van der Waals surface area contributed by atoms with E-state index in [2.05, 4.69) is 34.1 Å². The largest absolute Gasteiger partial charge is 0.298 e. The highest BCUT2D eigenvalue weighted by Gasteiger charge is 2.13. The van der Waals surface area contributed by atoms with Crippen LogP contribution in [0, 0.1) is 0 Å². The van der Waals surface area contributed by atoms with Crippen LogP contribution in [0.25, 0.3) is 0 Å². The van der Waals surface area contributed by atoms with Crippen LogP contribution in [0.2, 0.25) is 0 Å². The third-order valence-corrected chi connectivity index (χ3v) is 4.61. The summed E-state index contributed by atoms with van der Waals surface area (Å²) in [4.78, 5) is 13.5. The number of carbonyl (C=O) groups excluding carboxylic acids is 1. The standard InChI is InChI=1S/C11H13BrOS2/c1-7(13)11(12)8-4-9(14-2)6-10(5-8)15-3/h4-6,11H,1-3H3. The molecule has 1 aromatic carbocycles. The first-order valence-corrected chi connectivity index (χ1v) is 7.82. The maximum atomic E-state index is 11.3. The van der Waals surface area contributed by atoms with Crippen LogP contribution < -0.4 is 0 Å². The molecule has 1 rings (SSSR count). The van der Waals surface area contributed by atoms with E-state index in [1.165, 1.54) is 9.79 Å². The van der Waals surface area contributed by atoms with Crippen LogP contribution in [0.4, 0.5) is 0 Å². The van der Waals surface area contributed by atoms with E-state index in [0.29, 0.717) is 0 Å². The van der Waals surface area contributed by atoms with Gasteiger partial charge >= 0.3 is 0 Å². The van der Waals surface area contributed by atoms with Gasteiger partial charge in [-0.2, -0.15) is 0 Å². The lowest BCUT2D eigenvalue weighted by Crippen LogP contribution is -2.01. The average Bonchev–Trinajstić information content (AvgIpc) is 2.27. The molecule has 0 amide bonds. The molecule has 0 aliphatic heterocycles. The fourth-order valence-corrected chi connectivity index (χ4v) is 2.55. The number of rotatable bonds is 4. The lowest BCUT2D eigenvalue weighted by molar-refractivity contribution is -0.116. The molecule has 4 heteroatoms. The van der Waals surface area contributed by atoms with Crippen LogP contribution in [0.5, 0.6) is 0 Å². The van der Waals surface area contributed by atoms with Crippen molar-refractivity contribution in [2.45, 2.75) is 21.5 Å². The van der Waals surface area contributed by atoms with Crippen molar-refractivity contribution >= 4 is 45.2 Å². The van der Waals surface area contributed by atoms with E-state index in [9.17, 15) is 4.79 Å². The number of Topliss-reactive ketones (excluding diaryl/α,β-unsaturated/α-hetero) is 1. The highest BCUT2D eigenvalue weighted by molar-refractivity contribution is 9.09. The summed E-state index contributed by atoms with van der Waals surface area (Å²) in [5.41, 5.74) is 1.04. The number of benzene rings is 1. The summed E-state index contributed by atoms with van der Waals surface area (Å²) in [5, 5.41) is 0. The van der Waals surface area contributed by atoms with Crippen molar-refractivity contribution in [1.82, 2.24) is 0 Å². The molecule has 0 saturated heterocycles. The van der Waals surface area contributed by atoms with Crippen LogP contribution in [0.15, 0.2) is 28.0 Å². The lowest BCUT2D eigenvalue weighted by Gasteiger charge is -2.10. The second kappa shape index (κ2) is 5.97. The zero-order valence-electron chi connectivity index (χ0n) is 8.91. The second-order valence-electron chi connectivity index (χ2n) is 3.12. The minimum absolute atomic E-state index is 0.139. The Hall–Kier alpha value is 0.0700. The number of thioether (sulfide) groups is 2. The van der Waals surface area contributed by atoms with E-state index < -0.39 is 0 Å². The van der Waals surface area contributed by atoms with Crippen molar-refractivity contribution in [3.63, 3.8) is 0 Å². The van der Waals surface area contributed by atoms with Gasteiger partial charge in [-0.15, -0.1) is 23.5 Å². The second-order valence-corrected chi connectivity index (χ2v) is 5.79. The molecule has 0 spiro atoms. The first-order valence-electron chi connectivity index (χ1n) is 4.46. The molecule has 0 aliphatic carbocycles. The average molecular weight is 305 g/mol. The van der Waals surface area contributed by atoms with Gasteiger partial charge in [0, 0.05) is 9.79 Å². The summed E-state index contributed by atoms with van der Waals surface area (Å²) in [6, 6.07) is 6.26. The zero-order valence-corrected chi connectivity index (χ0v) is 12.1. The molecular formula is C11H13BrOS2. The van der Waals surface area contributed by atoms with Crippen molar-refractivity contribution in [2.75, 3.05) is 12.5 Å². The van der Waals surface area contributed by atoms with Gasteiger partial charge in [0.15, 0.2) is 0 Å². The van der Waals surface area contributed by atoms with E-state index in [4.69, 9.17) is 0 Å². The smallest absolute Gasteiger partial charge is 0.147 e. The molecule has 0 heterocycles. The number of hydrogen-bond acceptors (Lipinski definition) is 3. The molecule has 1 aromatic rings. The third-order valence-electron chi connectivity index (χ3n) is 2.02. The predicted molar refractivity (Wildman–Crippen MR) is 72.4 cm³/mol. The summed E-state index contributed by atoms with van der Waals surface area (Å²) in [6.07, 6.45) is 4.08. The van der Waals surface area contributed by atoms with Gasteiger partial charge in [0.2, 0.25) is 0 Å². The fourth-order valence-electron chi connectivity index (χ4n) is 1.21. The van der Waals surface area contributed by atoms with Crippen molar-refractivity contribution in [3.05, 3.63) is 23.8 Å². The van der Waals surface area contributed by atoms with E-state index >= 15 is 0 Å². The maximum Gasteiger partial charge on any atom is 0.147 e. The topological polar surface area (TPSA) is 17.1 Å². The molecule has 1 unspecified atom stereocenters. The Kier molecular flexibility index (Phi) is 5.23. The SMILES string of the molecule is CSc1cc(SC)cc(C(Br)C(C)=O)c1. The fraction of sp³-hybridized carbons (Fsp3) is 0.364. The Balaban J connectivity index is 3.11. The van der Waals surface area contributed by atoms with E-state index in [1.54, 1.807) is 30.4 Å². The molecular weight excluding hydrogens is 292 g/mol. The predicted octanol–water partition coefficient (Wildman–Crippen LogP) is 4.16. The molecule has 0 saturated carbocycles. The normalized spacial score (nSPS) is 12.5. The van der Waals surface area contributed by atoms with Crippen LogP contribution in [0.1, 0.15) is 17.3 Å². The summed E-state index contributed by atoms with van der Waals surface area (Å²) >= 11 is 6.80. The lowest BCUT2D eigenvalue weighted by atomic mass is 10.1. The molecule has 0 N–H and O–H groups in total. The molecule has 0 fully saturated rings. The monoisotopic (exact) mass is 304 g/mol. The van der Waals surface area contributed by atoms with Gasteiger partial charge in [-0.05, 0) is 43.2 Å². The number of alkyl halides is 1. The van der Waals surface area contributed by atoms with Gasteiger partial charge in [0.25, 0.3) is 0 Å². The Morgan fingerprint density at radius 3 is 2.00 bits per heavy atom. The summed E-state index contributed by atoms with van der Waals surface area (Å²) in [7, 11) is 0. The van der Waals surface area contributed by atoms with Gasteiger partial charge in [0.1, 0.15) is 5.78 Å². The van der Waals surface area contributed by atoms with Gasteiger partial charge in [-0.25, -0.2) is 0 Å². The van der Waals surface area contributed by atoms with Crippen LogP contribution >= 0.6 is 39.5 Å². The van der Waals surface area contributed by atoms with E-state index in [-0.39, 0.29) is 10.6 Å². The maximum absolute atomic E-state index is 11.3. The molecule has 1 atom stereocenters. The molecule has 15 heavy (non-hydrogen) atoms. The summed E-state index contributed by atoms with van der Waals surface area (Å²) in [5.74, 6) is 0.139. The number of hydrogen-bond donors (Lipinski definition) is 0. The van der Waals surface area contributed by atoms with Gasteiger partial charge in [-0.1, -0.05) is 15.9 Å². The van der Waals surface area contributed by atoms with E-state index in [1.807, 2.05) is 12.5 Å². The molecule has 82 valence electrons. The van der Waals surface area contributed by atoms with Crippen molar-refractivity contribution in [2.24, 2.45) is 0 Å². The Bertz CT molecular complexity index is 343. The highest BCUT2D eigenvalue weighted by atomic mass is 79.9. The number of ketones is 1. The number of halogens is 1. The first kappa shape index (κ1) is 13.1. The minimum Gasteiger partial charge on any atom is -0.298 e. The first-order chi connectivity index (χ1) is 7.08. The molecule has 0 aliphatic rings. The number of carbonyl (C=O) groups is 1. The van der Waals surface area contributed by atoms with Crippen LogP contribution in [-0.4, -0.2) is 18.3 Å². The highest BCUT2D eigenvalue weighted by Crippen LogP contribution is 2.31. The van der Waals surface area contributed by atoms with Crippen molar-refractivity contribution in [1.29, 1.82) is 0 Å². The molecule has 1 nitrogen and oxygen atoms in total. The molecule has 0 aromatic heterocycles. The van der Waals surface area contributed by atoms with Gasteiger partial charge < -0.3 is 0 Å².